The molecule has 1 saturated heterocycles. The number of hydrogen-bond donors (Lipinski definition) is 1. The van der Waals surface area contributed by atoms with Crippen molar-refractivity contribution < 1.29 is 22.4 Å². The highest BCUT2D eigenvalue weighted by Gasteiger charge is 2.39. The van der Waals surface area contributed by atoms with E-state index < -0.39 is 12.1 Å². The van der Waals surface area contributed by atoms with Crippen LogP contribution in [-0.2, 0) is 17.4 Å². The van der Waals surface area contributed by atoms with Gasteiger partial charge in [0.15, 0.2) is 0 Å². The number of carbonyl (C=O) groups is 1. The van der Waals surface area contributed by atoms with Gasteiger partial charge in [-0.3, -0.25) is 4.79 Å². The van der Waals surface area contributed by atoms with E-state index in [2.05, 4.69) is 15.2 Å². The lowest BCUT2D eigenvalue weighted by molar-refractivity contribution is -0.157. The Labute approximate surface area is 152 Å². The average molecular weight is 378 g/mol. The van der Waals surface area contributed by atoms with Gasteiger partial charge in [0.1, 0.15) is 0 Å². The van der Waals surface area contributed by atoms with Crippen LogP contribution < -0.4 is 0 Å². The van der Waals surface area contributed by atoms with Crippen LogP contribution >= 0.6 is 0 Å². The molecule has 27 heavy (non-hydrogen) atoms. The smallest absolute Gasteiger partial charge is 0.417 e. The summed E-state index contributed by atoms with van der Waals surface area (Å²) >= 11 is 0. The second-order valence-corrected chi connectivity index (χ2v) is 6.66. The summed E-state index contributed by atoms with van der Waals surface area (Å²) in [6.07, 6.45) is -1.33. The first-order chi connectivity index (χ1) is 12.9. The quantitative estimate of drug-likeness (QED) is 0.757. The van der Waals surface area contributed by atoms with Gasteiger partial charge < -0.3 is 14.3 Å². The Morgan fingerprint density at radius 1 is 1.30 bits per heavy atom. The van der Waals surface area contributed by atoms with Crippen molar-refractivity contribution in [1.82, 2.24) is 20.1 Å². The van der Waals surface area contributed by atoms with Crippen LogP contribution in [0.3, 0.4) is 0 Å². The third kappa shape index (κ3) is 3.54. The van der Waals surface area contributed by atoms with Crippen LogP contribution in [0, 0.1) is 0 Å². The molecule has 0 radical (unpaired) electrons. The maximum Gasteiger partial charge on any atom is 0.470 e. The Kier molecular flexibility index (Phi) is 4.37. The second kappa shape index (κ2) is 6.71. The van der Waals surface area contributed by atoms with Crippen LogP contribution in [0.5, 0.6) is 0 Å². The number of benzene rings is 1. The van der Waals surface area contributed by atoms with Gasteiger partial charge in [0.05, 0.1) is 12.3 Å². The lowest BCUT2D eigenvalue weighted by Gasteiger charge is -2.31. The Balaban J connectivity index is 1.46. The topological polar surface area (TPSA) is 75.0 Å². The van der Waals surface area contributed by atoms with Crippen LogP contribution in [0.2, 0.25) is 0 Å². The minimum Gasteiger partial charge on any atom is -0.417 e. The predicted molar refractivity (Wildman–Crippen MR) is 89.9 cm³/mol. The summed E-state index contributed by atoms with van der Waals surface area (Å²) in [5.74, 6) is -1.86. The Morgan fingerprint density at radius 2 is 2.11 bits per heavy atom. The van der Waals surface area contributed by atoms with Gasteiger partial charge >= 0.3 is 12.1 Å². The number of nitrogens with zero attached hydrogens (tertiary/aromatic N) is 3. The summed E-state index contributed by atoms with van der Waals surface area (Å²) in [6.45, 7) is 0.846. The minimum atomic E-state index is -4.66. The number of hydrogen-bond acceptors (Lipinski definition) is 4. The molecule has 1 aliphatic heterocycles. The number of para-hydroxylation sites is 1. The van der Waals surface area contributed by atoms with Crippen molar-refractivity contribution in [1.29, 1.82) is 0 Å². The molecular weight excluding hydrogens is 361 g/mol. The number of amides is 1. The first kappa shape index (κ1) is 17.6. The highest BCUT2D eigenvalue weighted by atomic mass is 19.4. The summed E-state index contributed by atoms with van der Waals surface area (Å²) < 4.78 is 42.7. The first-order valence-electron chi connectivity index (χ1n) is 8.65. The molecule has 2 aromatic heterocycles. The Hall–Kier alpha value is -2.84. The van der Waals surface area contributed by atoms with Crippen molar-refractivity contribution in [3.8, 4) is 0 Å². The molecule has 9 heteroatoms. The SMILES string of the molecule is O=C(Cc1c[nH]c2ccccc12)N1CCCC(c2nnc(C(F)(F)F)o2)C1. The monoisotopic (exact) mass is 378 g/mol. The molecule has 1 aromatic carbocycles. The van der Waals surface area contributed by atoms with Crippen molar-refractivity contribution in [2.45, 2.75) is 31.4 Å². The summed E-state index contributed by atoms with van der Waals surface area (Å²) in [7, 11) is 0. The van der Waals surface area contributed by atoms with Gasteiger partial charge in [-0.15, -0.1) is 10.2 Å². The van der Waals surface area contributed by atoms with Gasteiger partial charge in [0, 0.05) is 30.2 Å². The zero-order valence-corrected chi connectivity index (χ0v) is 14.3. The molecule has 0 aliphatic carbocycles. The molecule has 142 valence electrons. The van der Waals surface area contributed by atoms with Crippen LogP contribution in [0.1, 0.15) is 36.1 Å². The molecule has 1 amide bonds. The molecular formula is C18H17F3N4O2. The molecule has 1 aliphatic rings. The van der Waals surface area contributed by atoms with Gasteiger partial charge in [-0.05, 0) is 24.5 Å². The van der Waals surface area contributed by atoms with Crippen LogP contribution in [0.25, 0.3) is 10.9 Å². The number of fused-ring (bicyclic) bond motifs is 1. The van der Waals surface area contributed by atoms with E-state index in [-0.39, 0.29) is 30.7 Å². The highest BCUT2D eigenvalue weighted by Crippen LogP contribution is 2.32. The number of piperidine rings is 1. The second-order valence-electron chi connectivity index (χ2n) is 6.66. The van der Waals surface area contributed by atoms with E-state index >= 15 is 0 Å². The van der Waals surface area contributed by atoms with Gasteiger partial charge in [-0.1, -0.05) is 18.2 Å². The minimum absolute atomic E-state index is 0.0630. The Bertz CT molecular complexity index is 963. The van der Waals surface area contributed by atoms with Gasteiger partial charge in [0.2, 0.25) is 11.8 Å². The van der Waals surface area contributed by atoms with E-state index in [1.807, 2.05) is 30.5 Å². The van der Waals surface area contributed by atoms with Crippen molar-refractivity contribution in [3.05, 3.63) is 47.8 Å². The van der Waals surface area contributed by atoms with Gasteiger partial charge in [0.25, 0.3) is 0 Å². The molecule has 0 bridgehead atoms. The number of aromatic amines is 1. The van der Waals surface area contributed by atoms with Crippen molar-refractivity contribution in [2.24, 2.45) is 0 Å². The molecule has 3 aromatic rings. The fourth-order valence-corrected chi connectivity index (χ4v) is 3.47. The van der Waals surface area contributed by atoms with E-state index in [4.69, 9.17) is 4.42 Å². The zero-order chi connectivity index (χ0) is 19.0. The molecule has 1 unspecified atom stereocenters. The third-order valence-corrected chi connectivity index (χ3v) is 4.82. The number of carbonyl (C=O) groups excluding carboxylic acids is 1. The number of aromatic nitrogens is 3. The number of rotatable bonds is 3. The number of nitrogens with one attached hydrogen (secondary N) is 1. The van der Waals surface area contributed by atoms with Gasteiger partial charge in [-0.2, -0.15) is 13.2 Å². The lowest BCUT2D eigenvalue weighted by Crippen LogP contribution is -2.40. The number of H-pyrrole nitrogens is 1. The average Bonchev–Trinajstić information content (AvgIpc) is 3.30. The molecule has 1 fully saturated rings. The van der Waals surface area contributed by atoms with E-state index in [9.17, 15) is 18.0 Å². The van der Waals surface area contributed by atoms with Crippen molar-refractivity contribution >= 4 is 16.8 Å². The summed E-state index contributed by atoms with van der Waals surface area (Å²) in [6, 6.07) is 7.72. The van der Waals surface area contributed by atoms with Crippen molar-refractivity contribution in [2.75, 3.05) is 13.1 Å². The summed E-state index contributed by atoms with van der Waals surface area (Å²) in [5, 5.41) is 7.61. The van der Waals surface area contributed by atoms with E-state index in [0.717, 1.165) is 16.5 Å². The largest absolute Gasteiger partial charge is 0.470 e. The Morgan fingerprint density at radius 3 is 2.89 bits per heavy atom. The summed E-state index contributed by atoms with van der Waals surface area (Å²) in [5.41, 5.74) is 1.86. The van der Waals surface area contributed by atoms with Crippen LogP contribution in [0.15, 0.2) is 34.9 Å². The molecule has 3 heterocycles. The lowest BCUT2D eigenvalue weighted by atomic mass is 9.97. The maximum absolute atomic E-state index is 12.7. The zero-order valence-electron chi connectivity index (χ0n) is 14.3. The maximum atomic E-state index is 12.7. The highest BCUT2D eigenvalue weighted by molar-refractivity contribution is 5.88. The number of alkyl halides is 3. The molecule has 1 atom stereocenters. The van der Waals surface area contributed by atoms with E-state index in [1.165, 1.54) is 0 Å². The van der Waals surface area contributed by atoms with Gasteiger partial charge in [-0.25, -0.2) is 0 Å². The van der Waals surface area contributed by atoms with Crippen LogP contribution in [-0.4, -0.2) is 39.1 Å². The molecule has 1 N–H and O–H groups in total. The fraction of sp³-hybridized carbons (Fsp3) is 0.389. The number of halogens is 3. The number of likely N-dealkylation sites (tertiary alicyclic amines) is 1. The molecule has 4 rings (SSSR count). The molecule has 6 nitrogen and oxygen atoms in total. The third-order valence-electron chi connectivity index (χ3n) is 4.82. The molecule has 0 spiro atoms. The first-order valence-corrected chi connectivity index (χ1v) is 8.65. The summed E-state index contributed by atoms with van der Waals surface area (Å²) in [4.78, 5) is 17.5. The van der Waals surface area contributed by atoms with Crippen molar-refractivity contribution in [3.63, 3.8) is 0 Å². The van der Waals surface area contributed by atoms with Crippen LogP contribution in [0.4, 0.5) is 13.2 Å². The standard InChI is InChI=1S/C18H17F3N4O2/c19-18(20,21)17-24-23-16(27-17)11-4-3-7-25(10-11)15(26)8-12-9-22-14-6-2-1-5-13(12)14/h1-2,5-6,9,11,22H,3-4,7-8,10H2. The molecule has 0 saturated carbocycles. The van der Waals surface area contributed by atoms with E-state index in [0.29, 0.717) is 19.4 Å². The normalized spacial score (nSPS) is 18.2. The fourth-order valence-electron chi connectivity index (χ4n) is 3.47. The predicted octanol–water partition coefficient (Wildman–Crippen LogP) is 3.52. The van der Waals surface area contributed by atoms with E-state index in [1.54, 1.807) is 4.90 Å².